The van der Waals surface area contributed by atoms with Crippen LogP contribution in [0.4, 0.5) is 0 Å². The van der Waals surface area contributed by atoms with E-state index in [4.69, 9.17) is 4.42 Å². The number of carbonyl (C=O) groups is 1. The Morgan fingerprint density at radius 1 is 1.19 bits per heavy atom. The van der Waals surface area contributed by atoms with Gasteiger partial charge in [0, 0.05) is 18.2 Å². The Bertz CT molecular complexity index is 614. The summed E-state index contributed by atoms with van der Waals surface area (Å²) in [4.78, 5) is 12.1. The van der Waals surface area contributed by atoms with Crippen LogP contribution in [0.3, 0.4) is 0 Å². The maximum absolute atomic E-state index is 12.1. The van der Waals surface area contributed by atoms with Crippen molar-refractivity contribution in [3.8, 4) is 0 Å². The van der Waals surface area contributed by atoms with Gasteiger partial charge in [0.1, 0.15) is 11.7 Å². The Morgan fingerprint density at radius 3 is 2.38 bits per heavy atom. The van der Waals surface area contributed by atoms with Gasteiger partial charge in [-0.15, -0.1) is 10.2 Å². The summed E-state index contributed by atoms with van der Waals surface area (Å²) >= 11 is 0. The molecule has 0 saturated carbocycles. The molecule has 7 heteroatoms. The molecule has 0 radical (unpaired) electrons. The number of hydrogen-bond acceptors (Lipinski definition) is 5. The molecule has 0 fully saturated rings. The van der Waals surface area contributed by atoms with Crippen LogP contribution in [0.25, 0.3) is 0 Å². The minimum absolute atomic E-state index is 0.163. The van der Waals surface area contributed by atoms with Crippen LogP contribution in [0.1, 0.15) is 74.9 Å². The quantitative estimate of drug-likeness (QED) is 0.914. The van der Waals surface area contributed by atoms with Gasteiger partial charge in [-0.05, 0) is 26.8 Å². The molecule has 0 aliphatic rings. The fourth-order valence-corrected chi connectivity index (χ4v) is 1.73. The Kier molecular flexibility index (Phi) is 4.40. The molecule has 7 nitrogen and oxygen atoms in total. The molecule has 0 aromatic carbocycles. The third kappa shape index (κ3) is 3.48. The highest BCUT2D eigenvalue weighted by atomic mass is 16.4. The van der Waals surface area contributed by atoms with Gasteiger partial charge in [0.2, 0.25) is 11.8 Å². The predicted octanol–water partition coefficient (Wildman–Crippen LogP) is 2.46. The summed E-state index contributed by atoms with van der Waals surface area (Å²) in [6, 6.07) is 1.55. The van der Waals surface area contributed by atoms with Gasteiger partial charge in [-0.2, -0.15) is 5.10 Å². The van der Waals surface area contributed by atoms with Gasteiger partial charge in [0.25, 0.3) is 5.91 Å². The van der Waals surface area contributed by atoms with Gasteiger partial charge in [-0.3, -0.25) is 9.48 Å². The maximum Gasteiger partial charge on any atom is 0.272 e. The van der Waals surface area contributed by atoms with E-state index >= 15 is 0 Å². The van der Waals surface area contributed by atoms with E-state index < -0.39 is 0 Å². The number of carbonyl (C=O) groups excluding carboxylic acids is 1. The molecule has 2 aromatic rings. The molecule has 0 saturated heterocycles. The van der Waals surface area contributed by atoms with E-state index in [1.807, 2.05) is 27.7 Å². The van der Waals surface area contributed by atoms with Crippen LogP contribution in [0, 0.1) is 0 Å². The molecule has 2 rings (SSSR count). The molecule has 0 spiro atoms. The molecule has 2 heterocycles. The van der Waals surface area contributed by atoms with Crippen molar-refractivity contribution >= 4 is 5.91 Å². The first-order valence-corrected chi connectivity index (χ1v) is 7.07. The number of aromatic nitrogens is 4. The van der Waals surface area contributed by atoms with Crippen molar-refractivity contribution in [1.82, 2.24) is 25.3 Å². The zero-order valence-electron chi connectivity index (χ0n) is 13.0. The van der Waals surface area contributed by atoms with Crippen molar-refractivity contribution in [2.75, 3.05) is 0 Å². The van der Waals surface area contributed by atoms with Crippen molar-refractivity contribution in [2.45, 2.75) is 52.6 Å². The molecule has 0 bridgehead atoms. The van der Waals surface area contributed by atoms with E-state index in [1.165, 1.54) is 0 Å². The predicted molar refractivity (Wildman–Crippen MR) is 76.9 cm³/mol. The molecule has 1 N–H and O–H groups in total. The van der Waals surface area contributed by atoms with E-state index in [-0.39, 0.29) is 23.9 Å². The Morgan fingerprint density at radius 2 is 1.86 bits per heavy atom. The van der Waals surface area contributed by atoms with Crippen LogP contribution >= 0.6 is 0 Å². The summed E-state index contributed by atoms with van der Waals surface area (Å²) in [5.41, 5.74) is 0.374. The van der Waals surface area contributed by atoms with Gasteiger partial charge in [0.05, 0.1) is 0 Å². The highest BCUT2D eigenvalue weighted by Crippen LogP contribution is 2.17. The molecular formula is C14H21N5O2. The van der Waals surface area contributed by atoms with Gasteiger partial charge in [-0.25, -0.2) is 0 Å². The monoisotopic (exact) mass is 291 g/mol. The third-order valence-corrected chi connectivity index (χ3v) is 3.04. The lowest BCUT2D eigenvalue weighted by Gasteiger charge is -2.08. The van der Waals surface area contributed by atoms with Gasteiger partial charge >= 0.3 is 0 Å². The third-order valence-electron chi connectivity index (χ3n) is 3.04. The van der Waals surface area contributed by atoms with Crippen LogP contribution in [-0.4, -0.2) is 25.9 Å². The lowest BCUT2D eigenvalue weighted by molar-refractivity contribution is 0.0927. The fraction of sp³-hybridized carbons (Fsp3) is 0.571. The first-order chi connectivity index (χ1) is 9.88. The number of hydrogen-bond donors (Lipinski definition) is 1. The Balaban J connectivity index is 2.03. The lowest BCUT2D eigenvalue weighted by Crippen LogP contribution is -2.27. The zero-order chi connectivity index (χ0) is 15.6. The van der Waals surface area contributed by atoms with Crippen LogP contribution in [0.2, 0.25) is 0 Å². The smallest absolute Gasteiger partial charge is 0.272 e. The van der Waals surface area contributed by atoms with E-state index in [9.17, 15) is 4.79 Å². The topological polar surface area (TPSA) is 85.8 Å². The van der Waals surface area contributed by atoms with E-state index in [1.54, 1.807) is 23.9 Å². The second-order valence-corrected chi connectivity index (χ2v) is 5.60. The van der Waals surface area contributed by atoms with Crippen molar-refractivity contribution in [3.63, 3.8) is 0 Å². The van der Waals surface area contributed by atoms with Crippen LogP contribution < -0.4 is 5.32 Å². The zero-order valence-corrected chi connectivity index (χ0v) is 13.0. The largest absolute Gasteiger partial charge is 0.423 e. The van der Waals surface area contributed by atoms with E-state index in [0.29, 0.717) is 17.5 Å². The number of nitrogens with zero attached hydrogens (tertiary/aromatic N) is 4. The minimum Gasteiger partial charge on any atom is -0.423 e. The average Bonchev–Trinajstić information content (AvgIpc) is 3.08. The molecule has 114 valence electrons. The summed E-state index contributed by atoms with van der Waals surface area (Å²) in [6.45, 7) is 9.75. The van der Waals surface area contributed by atoms with Crippen molar-refractivity contribution in [3.05, 3.63) is 29.7 Å². The average molecular weight is 291 g/mol. The second-order valence-electron chi connectivity index (χ2n) is 5.60. The molecule has 1 unspecified atom stereocenters. The molecular weight excluding hydrogens is 270 g/mol. The minimum atomic E-state index is -0.360. The standard InChI is InChI=1S/C14H21N5O2/c1-8(2)13-16-17-14(21-13)10(5)15-12(20)11-6-7-19(18-11)9(3)4/h6-10H,1-5H3,(H,15,20). The molecule has 0 aliphatic carbocycles. The van der Waals surface area contributed by atoms with Crippen LogP contribution in [-0.2, 0) is 0 Å². The highest BCUT2D eigenvalue weighted by molar-refractivity contribution is 5.92. The van der Waals surface area contributed by atoms with Gasteiger partial charge in [0.15, 0.2) is 0 Å². The summed E-state index contributed by atoms with van der Waals surface area (Å²) in [6.07, 6.45) is 1.79. The van der Waals surface area contributed by atoms with Crippen molar-refractivity contribution in [2.24, 2.45) is 0 Å². The first-order valence-electron chi connectivity index (χ1n) is 7.07. The molecule has 2 aromatic heterocycles. The van der Waals surface area contributed by atoms with Gasteiger partial charge in [-0.1, -0.05) is 13.8 Å². The summed E-state index contributed by atoms with van der Waals surface area (Å²) < 4.78 is 7.26. The number of nitrogens with one attached hydrogen (secondary N) is 1. The van der Waals surface area contributed by atoms with Crippen molar-refractivity contribution in [1.29, 1.82) is 0 Å². The van der Waals surface area contributed by atoms with E-state index in [2.05, 4.69) is 20.6 Å². The summed E-state index contributed by atoms with van der Waals surface area (Å²) in [5, 5.41) is 15.0. The molecule has 0 aliphatic heterocycles. The first kappa shape index (κ1) is 15.2. The van der Waals surface area contributed by atoms with Crippen LogP contribution in [0.15, 0.2) is 16.7 Å². The normalized spacial score (nSPS) is 12.9. The summed E-state index contributed by atoms with van der Waals surface area (Å²) in [5.74, 6) is 0.868. The molecule has 1 atom stereocenters. The highest BCUT2D eigenvalue weighted by Gasteiger charge is 2.19. The van der Waals surface area contributed by atoms with Gasteiger partial charge < -0.3 is 9.73 Å². The Labute approximate surface area is 123 Å². The summed E-state index contributed by atoms with van der Waals surface area (Å²) in [7, 11) is 0. The van der Waals surface area contributed by atoms with Crippen LogP contribution in [0.5, 0.6) is 0 Å². The number of rotatable bonds is 5. The maximum atomic E-state index is 12.1. The second kappa shape index (κ2) is 6.07. The van der Waals surface area contributed by atoms with Crippen molar-refractivity contribution < 1.29 is 9.21 Å². The van der Waals surface area contributed by atoms with E-state index in [0.717, 1.165) is 0 Å². The molecule has 21 heavy (non-hydrogen) atoms. The fourth-order valence-electron chi connectivity index (χ4n) is 1.73. The molecule has 1 amide bonds. The Hall–Kier alpha value is -2.18. The lowest BCUT2D eigenvalue weighted by atomic mass is 10.2. The SMILES string of the molecule is CC(C)c1nnc(C(C)NC(=O)c2ccn(C(C)C)n2)o1. The number of amides is 1.